The average Bonchev–Trinajstić information content (AvgIpc) is 2.62. The standard InChI is InChI=1S/C21H20N2O2/c1-14-6-7-16(12-15(14)2)20(24)8-9-21(25)23-19-5-3-4-17-13-22-11-10-18(17)19/h3-7,10-13H,8-9H2,1-2H3,(H,23,25). The zero-order valence-electron chi connectivity index (χ0n) is 14.4. The van der Waals surface area contributed by atoms with Crippen LogP contribution in [0.2, 0.25) is 0 Å². The highest BCUT2D eigenvalue weighted by Gasteiger charge is 2.11. The van der Waals surface area contributed by atoms with Crippen LogP contribution in [-0.2, 0) is 4.79 Å². The first-order valence-corrected chi connectivity index (χ1v) is 8.27. The molecule has 3 rings (SSSR count). The van der Waals surface area contributed by atoms with Crippen LogP contribution in [0.25, 0.3) is 10.8 Å². The number of anilines is 1. The number of hydrogen-bond acceptors (Lipinski definition) is 3. The van der Waals surface area contributed by atoms with E-state index in [1.165, 1.54) is 0 Å². The molecule has 1 aromatic heterocycles. The number of hydrogen-bond donors (Lipinski definition) is 1. The van der Waals surface area contributed by atoms with E-state index in [2.05, 4.69) is 10.3 Å². The van der Waals surface area contributed by atoms with E-state index in [-0.39, 0.29) is 24.5 Å². The molecule has 0 spiro atoms. The number of aromatic nitrogens is 1. The molecule has 4 nitrogen and oxygen atoms in total. The van der Waals surface area contributed by atoms with E-state index in [0.29, 0.717) is 5.56 Å². The molecule has 0 atom stereocenters. The molecule has 3 aromatic rings. The summed E-state index contributed by atoms with van der Waals surface area (Å²) in [6.07, 6.45) is 3.81. The van der Waals surface area contributed by atoms with Crippen LogP contribution in [0.5, 0.6) is 0 Å². The molecule has 0 radical (unpaired) electrons. The van der Waals surface area contributed by atoms with Gasteiger partial charge in [0.15, 0.2) is 5.78 Å². The van der Waals surface area contributed by atoms with Crippen molar-refractivity contribution < 1.29 is 9.59 Å². The molecule has 4 heteroatoms. The van der Waals surface area contributed by atoms with Gasteiger partial charge >= 0.3 is 0 Å². The fourth-order valence-electron chi connectivity index (χ4n) is 2.73. The maximum atomic E-state index is 12.3. The third-order valence-electron chi connectivity index (χ3n) is 4.36. The van der Waals surface area contributed by atoms with E-state index < -0.39 is 0 Å². The smallest absolute Gasteiger partial charge is 0.224 e. The molecular weight excluding hydrogens is 312 g/mol. The van der Waals surface area contributed by atoms with E-state index in [1.54, 1.807) is 12.4 Å². The number of aryl methyl sites for hydroxylation is 2. The molecule has 0 saturated carbocycles. The van der Waals surface area contributed by atoms with Gasteiger partial charge in [-0.15, -0.1) is 0 Å². The number of Topliss-reactive ketones (excluding diaryl/α,β-unsaturated/α-hetero) is 1. The summed E-state index contributed by atoms with van der Waals surface area (Å²) >= 11 is 0. The first-order valence-electron chi connectivity index (χ1n) is 8.27. The predicted octanol–water partition coefficient (Wildman–Crippen LogP) is 4.45. The lowest BCUT2D eigenvalue weighted by Gasteiger charge is -2.09. The van der Waals surface area contributed by atoms with Gasteiger partial charge < -0.3 is 5.32 Å². The van der Waals surface area contributed by atoms with E-state index in [1.807, 2.05) is 56.3 Å². The Labute approximate surface area is 146 Å². The summed E-state index contributed by atoms with van der Waals surface area (Å²) in [6, 6.07) is 13.2. The largest absolute Gasteiger partial charge is 0.326 e. The van der Waals surface area contributed by atoms with Crippen molar-refractivity contribution in [2.75, 3.05) is 5.32 Å². The van der Waals surface area contributed by atoms with Gasteiger partial charge in [-0.1, -0.05) is 24.3 Å². The van der Waals surface area contributed by atoms with Gasteiger partial charge in [-0.3, -0.25) is 14.6 Å². The Morgan fingerprint density at radius 1 is 1.00 bits per heavy atom. The van der Waals surface area contributed by atoms with Gasteiger partial charge in [0.1, 0.15) is 0 Å². The molecule has 1 heterocycles. The van der Waals surface area contributed by atoms with Gasteiger partial charge in [0, 0.05) is 47.3 Å². The van der Waals surface area contributed by atoms with Crippen molar-refractivity contribution in [3.63, 3.8) is 0 Å². The lowest BCUT2D eigenvalue weighted by atomic mass is 10.0. The second-order valence-electron chi connectivity index (χ2n) is 6.17. The van der Waals surface area contributed by atoms with Crippen LogP contribution >= 0.6 is 0 Å². The Kier molecular flexibility index (Phi) is 4.89. The van der Waals surface area contributed by atoms with E-state index in [0.717, 1.165) is 27.6 Å². The average molecular weight is 332 g/mol. The minimum atomic E-state index is -0.165. The number of rotatable bonds is 5. The summed E-state index contributed by atoms with van der Waals surface area (Å²) in [7, 11) is 0. The van der Waals surface area contributed by atoms with E-state index in [4.69, 9.17) is 0 Å². The number of carbonyl (C=O) groups is 2. The van der Waals surface area contributed by atoms with Crippen molar-refractivity contribution in [3.05, 3.63) is 71.5 Å². The van der Waals surface area contributed by atoms with Crippen LogP contribution in [0.4, 0.5) is 5.69 Å². The molecule has 0 fully saturated rings. The van der Waals surface area contributed by atoms with Crippen LogP contribution in [0.1, 0.15) is 34.3 Å². The van der Waals surface area contributed by atoms with Crippen molar-refractivity contribution in [1.29, 1.82) is 0 Å². The normalized spacial score (nSPS) is 10.6. The minimum Gasteiger partial charge on any atom is -0.326 e. The van der Waals surface area contributed by atoms with Crippen molar-refractivity contribution in [2.24, 2.45) is 0 Å². The number of ketones is 1. The van der Waals surface area contributed by atoms with E-state index >= 15 is 0 Å². The highest BCUT2D eigenvalue weighted by atomic mass is 16.2. The maximum absolute atomic E-state index is 12.3. The van der Waals surface area contributed by atoms with Gasteiger partial charge in [0.2, 0.25) is 5.91 Å². The van der Waals surface area contributed by atoms with Crippen LogP contribution in [-0.4, -0.2) is 16.7 Å². The fourth-order valence-corrected chi connectivity index (χ4v) is 2.73. The van der Waals surface area contributed by atoms with Gasteiger partial charge in [-0.2, -0.15) is 0 Å². The monoisotopic (exact) mass is 332 g/mol. The van der Waals surface area contributed by atoms with Gasteiger partial charge in [0.25, 0.3) is 0 Å². The summed E-state index contributed by atoms with van der Waals surface area (Å²) in [5.74, 6) is -0.179. The molecule has 0 unspecified atom stereocenters. The number of carbonyl (C=O) groups excluding carboxylic acids is 2. The number of nitrogens with one attached hydrogen (secondary N) is 1. The van der Waals surface area contributed by atoms with Crippen molar-refractivity contribution in [2.45, 2.75) is 26.7 Å². The number of amides is 1. The Morgan fingerprint density at radius 2 is 1.84 bits per heavy atom. The molecule has 2 aromatic carbocycles. The zero-order valence-corrected chi connectivity index (χ0v) is 14.4. The Morgan fingerprint density at radius 3 is 2.64 bits per heavy atom. The van der Waals surface area contributed by atoms with Crippen LogP contribution in [0, 0.1) is 13.8 Å². The fraction of sp³-hybridized carbons (Fsp3) is 0.190. The molecule has 25 heavy (non-hydrogen) atoms. The molecule has 0 aliphatic carbocycles. The van der Waals surface area contributed by atoms with Gasteiger partial charge in [-0.25, -0.2) is 0 Å². The molecule has 0 aliphatic heterocycles. The quantitative estimate of drug-likeness (QED) is 0.702. The second kappa shape index (κ2) is 7.26. The van der Waals surface area contributed by atoms with Crippen LogP contribution in [0.15, 0.2) is 54.9 Å². The predicted molar refractivity (Wildman–Crippen MR) is 99.9 cm³/mol. The molecule has 1 N–H and O–H groups in total. The highest BCUT2D eigenvalue weighted by Crippen LogP contribution is 2.22. The third-order valence-corrected chi connectivity index (χ3v) is 4.36. The third kappa shape index (κ3) is 3.91. The molecule has 126 valence electrons. The topological polar surface area (TPSA) is 59.1 Å². The molecule has 0 bridgehead atoms. The number of benzene rings is 2. The molecular formula is C21H20N2O2. The molecule has 0 saturated heterocycles. The lowest BCUT2D eigenvalue weighted by Crippen LogP contribution is -2.13. The second-order valence-corrected chi connectivity index (χ2v) is 6.17. The number of pyridine rings is 1. The highest BCUT2D eigenvalue weighted by molar-refractivity contribution is 6.04. The van der Waals surface area contributed by atoms with Crippen molar-refractivity contribution in [3.8, 4) is 0 Å². The van der Waals surface area contributed by atoms with Gasteiger partial charge in [0.05, 0.1) is 0 Å². The molecule has 1 amide bonds. The van der Waals surface area contributed by atoms with Crippen molar-refractivity contribution in [1.82, 2.24) is 4.98 Å². The molecule has 0 aliphatic rings. The SMILES string of the molecule is Cc1ccc(C(=O)CCC(=O)Nc2cccc3cnccc23)cc1C. The van der Waals surface area contributed by atoms with Crippen molar-refractivity contribution >= 4 is 28.2 Å². The summed E-state index contributed by atoms with van der Waals surface area (Å²) in [4.78, 5) is 28.6. The van der Waals surface area contributed by atoms with Crippen LogP contribution in [0.3, 0.4) is 0 Å². The summed E-state index contributed by atoms with van der Waals surface area (Å²) in [5, 5.41) is 4.79. The van der Waals surface area contributed by atoms with Crippen LogP contribution < -0.4 is 5.32 Å². The zero-order chi connectivity index (χ0) is 17.8. The Balaban J connectivity index is 1.64. The lowest BCUT2D eigenvalue weighted by molar-refractivity contribution is -0.116. The summed E-state index contributed by atoms with van der Waals surface area (Å²) in [5.41, 5.74) is 3.63. The number of fused-ring (bicyclic) bond motifs is 1. The first-order chi connectivity index (χ1) is 12.0. The maximum Gasteiger partial charge on any atom is 0.224 e. The first kappa shape index (κ1) is 16.8. The summed E-state index contributed by atoms with van der Waals surface area (Å²) in [6.45, 7) is 3.99. The van der Waals surface area contributed by atoms with E-state index in [9.17, 15) is 9.59 Å². The Hall–Kier alpha value is -3.01. The number of nitrogens with zero attached hydrogens (tertiary/aromatic N) is 1. The minimum absolute atomic E-state index is 0.0135. The summed E-state index contributed by atoms with van der Waals surface area (Å²) < 4.78 is 0. The Bertz CT molecular complexity index is 942. The van der Waals surface area contributed by atoms with Gasteiger partial charge in [-0.05, 0) is 43.2 Å².